The van der Waals surface area contributed by atoms with Crippen molar-refractivity contribution in [3.05, 3.63) is 0 Å². The highest BCUT2D eigenvalue weighted by Gasteiger charge is 1.82. The van der Waals surface area contributed by atoms with Crippen molar-refractivity contribution < 1.29 is 0 Å². The molecule has 0 aliphatic rings. The van der Waals surface area contributed by atoms with Crippen molar-refractivity contribution in [2.45, 2.75) is 13.8 Å². The number of hydrogen-bond acceptors (Lipinski definition) is 1. The summed E-state index contributed by atoms with van der Waals surface area (Å²) in [6, 6.07) is 0. The predicted octanol–water partition coefficient (Wildman–Crippen LogP) is 1.93. The summed E-state index contributed by atoms with van der Waals surface area (Å²) >= 11 is 0. The Kier molecular flexibility index (Phi) is 14.6. The third-order valence-electron chi connectivity index (χ3n) is 0.474. The molecule has 0 heterocycles. The molecule has 1 N–H and O–H groups in total. The van der Waals surface area contributed by atoms with Crippen LogP contribution < -0.4 is 5.32 Å². The largest absolute Gasteiger partial charge is 0.316 e. The van der Waals surface area contributed by atoms with Crippen molar-refractivity contribution in [1.82, 2.24) is 5.32 Å². The second-order valence-electron chi connectivity index (χ2n) is 1.59. The van der Waals surface area contributed by atoms with E-state index < -0.39 is 0 Å². The van der Waals surface area contributed by atoms with Crippen LogP contribution >= 0.6 is 7.92 Å². The molecule has 0 aromatic heterocycles. The molecule has 0 amide bonds. The van der Waals surface area contributed by atoms with Gasteiger partial charge in [-0.05, 0) is 20.4 Å². The molecule has 0 spiro atoms. The average molecular weight is 135 g/mol. The molecule has 0 aliphatic carbocycles. The van der Waals surface area contributed by atoms with E-state index in [-0.39, 0.29) is 7.92 Å². The van der Waals surface area contributed by atoms with Gasteiger partial charge in [-0.15, -0.1) is 0 Å². The van der Waals surface area contributed by atoms with E-state index in [1.165, 1.54) is 6.29 Å². The van der Waals surface area contributed by atoms with Gasteiger partial charge in [0.15, 0.2) is 0 Å². The van der Waals surface area contributed by atoms with Crippen LogP contribution in [-0.2, 0) is 0 Å². The smallest absolute Gasteiger partial charge is 0.0147 e. The minimum Gasteiger partial charge on any atom is -0.316 e. The fourth-order valence-electron chi connectivity index (χ4n) is 0.316. The molecule has 2 heteroatoms. The summed E-state index contributed by atoms with van der Waals surface area (Å²) in [6.45, 7) is 8.51. The maximum absolute atomic E-state index is 3.10. The molecule has 0 radical (unpaired) electrons. The Morgan fingerprint density at radius 2 is 1.62 bits per heavy atom. The molecule has 0 aromatic carbocycles. The highest BCUT2D eigenvalue weighted by Crippen LogP contribution is 2.20. The van der Waals surface area contributed by atoms with Gasteiger partial charge in [0.25, 0.3) is 0 Å². The first-order valence-electron chi connectivity index (χ1n) is 3.06. The van der Waals surface area contributed by atoms with Crippen LogP contribution in [0.1, 0.15) is 13.8 Å². The monoisotopic (exact) mass is 135 g/mol. The minimum atomic E-state index is 0.288. The lowest BCUT2D eigenvalue weighted by atomic mass is 11.0. The summed E-state index contributed by atoms with van der Waals surface area (Å²) < 4.78 is 0. The van der Waals surface area contributed by atoms with Gasteiger partial charge < -0.3 is 5.32 Å². The predicted molar refractivity (Wildman–Crippen MR) is 44.0 cm³/mol. The van der Waals surface area contributed by atoms with Gasteiger partial charge in [0, 0.05) is 6.29 Å². The normalized spacial score (nSPS) is 8.25. The molecule has 0 atom stereocenters. The van der Waals surface area contributed by atoms with Crippen LogP contribution in [0.3, 0.4) is 0 Å². The van der Waals surface area contributed by atoms with E-state index >= 15 is 0 Å². The Morgan fingerprint density at radius 3 is 1.62 bits per heavy atom. The van der Waals surface area contributed by atoms with E-state index in [4.69, 9.17) is 0 Å². The quantitative estimate of drug-likeness (QED) is 0.570. The second-order valence-corrected chi connectivity index (χ2v) is 4.07. The molecule has 0 aliphatic heterocycles. The van der Waals surface area contributed by atoms with Gasteiger partial charge in [-0.3, -0.25) is 0 Å². The van der Waals surface area contributed by atoms with Crippen molar-refractivity contribution >= 4 is 7.92 Å². The fourth-order valence-corrected chi connectivity index (χ4v) is 0.949. The van der Waals surface area contributed by atoms with Crippen LogP contribution in [0.4, 0.5) is 0 Å². The van der Waals surface area contributed by atoms with E-state index in [0.717, 1.165) is 0 Å². The fraction of sp³-hybridized carbons (Fsp3) is 1.00. The molecular weight excluding hydrogens is 117 g/mol. The third kappa shape index (κ3) is 16.2. The first-order valence-corrected chi connectivity index (χ1v) is 5.49. The summed E-state index contributed by atoms with van der Waals surface area (Å²) in [5.74, 6) is 0. The highest BCUT2D eigenvalue weighted by molar-refractivity contribution is 7.55. The lowest BCUT2D eigenvalue weighted by molar-refractivity contribution is 0.975. The van der Waals surface area contributed by atoms with Crippen LogP contribution in [0.25, 0.3) is 0 Å². The van der Waals surface area contributed by atoms with Gasteiger partial charge in [-0.25, -0.2) is 0 Å². The molecule has 0 unspecified atom stereocenters. The standard InChI is InChI=1S/C4H12NP.C2H6/c1-5-4-6(2)3;1-2/h5H,4H2,1-3H3;1-2H3. The Hall–Kier alpha value is 0.390. The van der Waals surface area contributed by atoms with E-state index in [2.05, 4.69) is 18.6 Å². The molecule has 0 saturated heterocycles. The molecule has 0 saturated carbocycles. The molecule has 8 heavy (non-hydrogen) atoms. The summed E-state index contributed by atoms with van der Waals surface area (Å²) in [7, 11) is 2.28. The minimum absolute atomic E-state index is 0.288. The maximum Gasteiger partial charge on any atom is 0.0147 e. The Morgan fingerprint density at radius 1 is 1.25 bits per heavy atom. The number of nitrogens with one attached hydrogen (secondary N) is 1. The molecule has 0 bridgehead atoms. The Balaban J connectivity index is 0. The van der Waals surface area contributed by atoms with Gasteiger partial charge in [0.2, 0.25) is 0 Å². The molecule has 0 rings (SSSR count). The summed E-state index contributed by atoms with van der Waals surface area (Å²) in [4.78, 5) is 0. The zero-order chi connectivity index (χ0) is 6.99. The summed E-state index contributed by atoms with van der Waals surface area (Å²) in [5, 5.41) is 3.10. The molecule has 0 fully saturated rings. The maximum atomic E-state index is 3.10. The van der Waals surface area contributed by atoms with Crippen LogP contribution in [0.5, 0.6) is 0 Å². The molecular formula is C6H18NP. The third-order valence-corrected chi connectivity index (χ3v) is 1.42. The Labute approximate surface area is 54.6 Å². The van der Waals surface area contributed by atoms with Gasteiger partial charge in [0.05, 0.1) is 0 Å². The highest BCUT2D eigenvalue weighted by atomic mass is 31.1. The number of hydrogen-bond donors (Lipinski definition) is 1. The summed E-state index contributed by atoms with van der Waals surface area (Å²) in [6.07, 6.45) is 1.19. The SMILES string of the molecule is CC.CNCP(C)C. The molecule has 52 valence electrons. The first kappa shape index (κ1) is 11.2. The molecule has 1 nitrogen and oxygen atoms in total. The Bertz CT molecular complexity index is 29.7. The van der Waals surface area contributed by atoms with Gasteiger partial charge in [-0.2, -0.15) is 0 Å². The van der Waals surface area contributed by atoms with Crippen molar-refractivity contribution in [3.8, 4) is 0 Å². The van der Waals surface area contributed by atoms with Gasteiger partial charge in [-0.1, -0.05) is 21.8 Å². The van der Waals surface area contributed by atoms with Crippen LogP contribution in [0.2, 0.25) is 0 Å². The van der Waals surface area contributed by atoms with Crippen molar-refractivity contribution in [3.63, 3.8) is 0 Å². The molecule has 0 aromatic rings. The van der Waals surface area contributed by atoms with Crippen LogP contribution in [0.15, 0.2) is 0 Å². The van der Waals surface area contributed by atoms with Crippen molar-refractivity contribution in [2.24, 2.45) is 0 Å². The van der Waals surface area contributed by atoms with Gasteiger partial charge in [0.1, 0.15) is 0 Å². The number of rotatable bonds is 2. The zero-order valence-electron chi connectivity index (χ0n) is 6.65. The zero-order valence-corrected chi connectivity index (χ0v) is 7.55. The van der Waals surface area contributed by atoms with Crippen LogP contribution in [0, 0.1) is 0 Å². The van der Waals surface area contributed by atoms with E-state index in [1.54, 1.807) is 0 Å². The van der Waals surface area contributed by atoms with Crippen LogP contribution in [-0.4, -0.2) is 26.7 Å². The second kappa shape index (κ2) is 10.4. The van der Waals surface area contributed by atoms with Gasteiger partial charge >= 0.3 is 0 Å². The topological polar surface area (TPSA) is 12.0 Å². The lowest BCUT2D eigenvalue weighted by Gasteiger charge is -1.99. The lowest BCUT2D eigenvalue weighted by Crippen LogP contribution is -2.04. The summed E-state index contributed by atoms with van der Waals surface area (Å²) in [5.41, 5.74) is 0. The van der Waals surface area contributed by atoms with E-state index in [1.807, 2.05) is 20.9 Å². The van der Waals surface area contributed by atoms with E-state index in [9.17, 15) is 0 Å². The van der Waals surface area contributed by atoms with E-state index in [0.29, 0.717) is 0 Å². The average Bonchev–Trinajstić information content (AvgIpc) is 1.72. The first-order chi connectivity index (χ1) is 3.77. The van der Waals surface area contributed by atoms with Crippen molar-refractivity contribution in [1.29, 1.82) is 0 Å². The van der Waals surface area contributed by atoms with Crippen molar-refractivity contribution in [2.75, 3.05) is 26.7 Å².